The van der Waals surface area contributed by atoms with Gasteiger partial charge in [-0.25, -0.2) is 0 Å². The van der Waals surface area contributed by atoms with Gasteiger partial charge in [-0.3, -0.25) is 10.1 Å². The van der Waals surface area contributed by atoms with Crippen LogP contribution in [0.5, 0.6) is 5.75 Å². The molecule has 0 saturated heterocycles. The molecule has 2 rings (SSSR count). The van der Waals surface area contributed by atoms with Gasteiger partial charge in [0, 0.05) is 10.7 Å². The van der Waals surface area contributed by atoms with Crippen LogP contribution in [0.1, 0.15) is 12.5 Å². The Morgan fingerprint density at radius 3 is 2.72 bits per heavy atom. The first kappa shape index (κ1) is 19.0. The number of nitrogens with zero attached hydrogens (tertiary/aromatic N) is 1. The molecule has 1 unspecified atom stereocenters. The number of ether oxygens (including phenoxy) is 1. The van der Waals surface area contributed by atoms with Crippen LogP contribution in [0.4, 0.5) is 5.69 Å². The van der Waals surface area contributed by atoms with Crippen molar-refractivity contribution in [2.45, 2.75) is 13.0 Å². The minimum Gasteiger partial charge on any atom is -0.479 e. The van der Waals surface area contributed by atoms with Gasteiger partial charge < -0.3 is 10.1 Å². The van der Waals surface area contributed by atoms with Crippen LogP contribution >= 0.6 is 35.4 Å². The molecule has 1 amide bonds. The third kappa shape index (κ3) is 5.61. The van der Waals surface area contributed by atoms with Crippen LogP contribution in [0.25, 0.3) is 0 Å². The molecule has 128 valence electrons. The van der Waals surface area contributed by atoms with Crippen molar-refractivity contribution < 1.29 is 9.53 Å². The number of amides is 1. The smallest absolute Gasteiger partial charge is 0.266 e. The fourth-order valence-electron chi connectivity index (χ4n) is 1.86. The van der Waals surface area contributed by atoms with Gasteiger partial charge in [-0.15, -0.1) is 0 Å². The molecule has 0 bridgehead atoms. The predicted molar refractivity (Wildman–Crippen MR) is 102 cm³/mol. The Hall–Kier alpha value is -2.33. The summed E-state index contributed by atoms with van der Waals surface area (Å²) in [5.74, 6) is -0.103. The van der Waals surface area contributed by atoms with Crippen LogP contribution in [-0.2, 0) is 4.79 Å². The van der Waals surface area contributed by atoms with Crippen molar-refractivity contribution in [3.05, 3.63) is 58.1 Å². The summed E-state index contributed by atoms with van der Waals surface area (Å²) in [7, 11) is 0. The van der Waals surface area contributed by atoms with Gasteiger partial charge in [0.25, 0.3) is 5.91 Å². The fourth-order valence-corrected chi connectivity index (χ4v) is 2.53. The summed E-state index contributed by atoms with van der Waals surface area (Å²) >= 11 is 16.9. The van der Waals surface area contributed by atoms with Crippen LogP contribution < -0.4 is 15.4 Å². The van der Waals surface area contributed by atoms with Crippen LogP contribution in [0.15, 0.2) is 42.5 Å². The number of nitriles is 1. The highest BCUT2D eigenvalue weighted by atomic mass is 35.5. The van der Waals surface area contributed by atoms with E-state index in [-0.39, 0.29) is 5.11 Å². The topological polar surface area (TPSA) is 74.2 Å². The molecule has 2 aromatic carbocycles. The van der Waals surface area contributed by atoms with Gasteiger partial charge in [-0.05, 0) is 55.5 Å². The number of hydrogen-bond acceptors (Lipinski definition) is 4. The quantitative estimate of drug-likeness (QED) is 0.763. The maximum atomic E-state index is 12.2. The minimum absolute atomic E-state index is 0.0951. The summed E-state index contributed by atoms with van der Waals surface area (Å²) in [6.07, 6.45) is -0.830. The zero-order chi connectivity index (χ0) is 18.4. The number of halogens is 2. The Morgan fingerprint density at radius 2 is 2.04 bits per heavy atom. The Labute approximate surface area is 160 Å². The molecule has 5 nitrogen and oxygen atoms in total. The van der Waals surface area contributed by atoms with E-state index in [1.807, 2.05) is 6.07 Å². The first-order valence-corrected chi connectivity index (χ1v) is 8.29. The molecule has 1 atom stereocenters. The number of carbonyl (C=O) groups is 1. The molecule has 0 heterocycles. The Kier molecular flexibility index (Phi) is 6.59. The summed E-state index contributed by atoms with van der Waals surface area (Å²) in [4.78, 5) is 12.2. The molecule has 2 aromatic rings. The zero-order valence-electron chi connectivity index (χ0n) is 13.0. The molecular formula is C17H13Cl2N3O2S. The SMILES string of the molecule is CC(Oc1ccc(Cl)cc1Cl)C(=O)NC(=S)Nc1cccc(C#N)c1. The van der Waals surface area contributed by atoms with E-state index in [0.717, 1.165) is 0 Å². The van der Waals surface area contributed by atoms with E-state index in [4.69, 9.17) is 45.4 Å². The summed E-state index contributed by atoms with van der Waals surface area (Å²) in [5, 5.41) is 15.1. The van der Waals surface area contributed by atoms with Gasteiger partial charge in [0.2, 0.25) is 0 Å². The first-order valence-electron chi connectivity index (χ1n) is 7.13. The maximum absolute atomic E-state index is 12.2. The molecule has 0 aliphatic carbocycles. The van der Waals surface area contributed by atoms with Crippen molar-refractivity contribution >= 4 is 52.1 Å². The van der Waals surface area contributed by atoms with Gasteiger partial charge in [-0.1, -0.05) is 29.3 Å². The lowest BCUT2D eigenvalue weighted by molar-refractivity contribution is -0.125. The third-order valence-corrected chi connectivity index (χ3v) is 3.79. The molecule has 0 fully saturated rings. The second-order valence-corrected chi connectivity index (χ2v) is 6.22. The standard InChI is InChI=1S/C17H13Cl2N3O2S/c1-10(24-15-6-5-12(18)8-14(15)19)16(23)22-17(25)21-13-4-2-3-11(7-13)9-20/h2-8,10H,1H3,(H2,21,22,23,25). The highest BCUT2D eigenvalue weighted by Crippen LogP contribution is 2.28. The van der Waals surface area contributed by atoms with Crippen LogP contribution in [0, 0.1) is 11.3 Å². The fraction of sp³-hybridized carbons (Fsp3) is 0.118. The second kappa shape index (κ2) is 8.67. The van der Waals surface area contributed by atoms with Crippen molar-refractivity contribution in [3.8, 4) is 11.8 Å². The zero-order valence-corrected chi connectivity index (χ0v) is 15.4. The van der Waals surface area contributed by atoms with E-state index in [2.05, 4.69) is 10.6 Å². The van der Waals surface area contributed by atoms with Crippen LogP contribution in [-0.4, -0.2) is 17.1 Å². The number of nitrogens with one attached hydrogen (secondary N) is 2. The Bertz CT molecular complexity index is 852. The average Bonchev–Trinajstić information content (AvgIpc) is 2.57. The molecule has 0 aromatic heterocycles. The summed E-state index contributed by atoms with van der Waals surface area (Å²) < 4.78 is 5.52. The van der Waals surface area contributed by atoms with Crippen LogP contribution in [0.2, 0.25) is 10.0 Å². The van der Waals surface area contributed by atoms with Crippen molar-refractivity contribution in [1.82, 2.24) is 5.32 Å². The molecule has 0 aliphatic rings. The van der Waals surface area contributed by atoms with Crippen molar-refractivity contribution in [2.24, 2.45) is 0 Å². The average molecular weight is 394 g/mol. The van der Waals surface area contributed by atoms with E-state index >= 15 is 0 Å². The van der Waals surface area contributed by atoms with Crippen molar-refractivity contribution in [3.63, 3.8) is 0 Å². The lowest BCUT2D eigenvalue weighted by atomic mass is 10.2. The number of anilines is 1. The molecule has 0 saturated carbocycles. The summed E-state index contributed by atoms with van der Waals surface area (Å²) in [6.45, 7) is 1.57. The largest absolute Gasteiger partial charge is 0.479 e. The van der Waals surface area contributed by atoms with Crippen molar-refractivity contribution in [1.29, 1.82) is 5.26 Å². The normalized spacial score (nSPS) is 11.1. The van der Waals surface area contributed by atoms with E-state index in [0.29, 0.717) is 27.0 Å². The Morgan fingerprint density at radius 1 is 1.28 bits per heavy atom. The number of benzene rings is 2. The monoisotopic (exact) mass is 393 g/mol. The molecule has 8 heteroatoms. The van der Waals surface area contributed by atoms with Gasteiger partial charge in [0.1, 0.15) is 5.75 Å². The highest BCUT2D eigenvalue weighted by molar-refractivity contribution is 7.80. The van der Waals surface area contributed by atoms with Gasteiger partial charge >= 0.3 is 0 Å². The van der Waals surface area contributed by atoms with Gasteiger partial charge in [0.05, 0.1) is 16.7 Å². The lowest BCUT2D eigenvalue weighted by Crippen LogP contribution is -2.42. The molecule has 0 aliphatic heterocycles. The third-order valence-electron chi connectivity index (χ3n) is 3.05. The number of rotatable bonds is 4. The lowest BCUT2D eigenvalue weighted by Gasteiger charge is -2.16. The second-order valence-electron chi connectivity index (χ2n) is 4.97. The molecule has 0 radical (unpaired) electrons. The highest BCUT2D eigenvalue weighted by Gasteiger charge is 2.17. The molecule has 0 spiro atoms. The molecule has 2 N–H and O–H groups in total. The van der Waals surface area contributed by atoms with E-state index < -0.39 is 12.0 Å². The minimum atomic E-state index is -0.830. The maximum Gasteiger partial charge on any atom is 0.266 e. The molecule has 25 heavy (non-hydrogen) atoms. The number of carbonyl (C=O) groups excluding carboxylic acids is 1. The Balaban J connectivity index is 1.93. The van der Waals surface area contributed by atoms with Gasteiger partial charge in [-0.2, -0.15) is 5.26 Å². The summed E-state index contributed by atoms with van der Waals surface area (Å²) in [6, 6.07) is 13.5. The van der Waals surface area contributed by atoms with Crippen LogP contribution in [0.3, 0.4) is 0 Å². The van der Waals surface area contributed by atoms with E-state index in [1.165, 1.54) is 6.07 Å². The summed E-state index contributed by atoms with van der Waals surface area (Å²) in [5.41, 5.74) is 1.08. The predicted octanol–water partition coefficient (Wildman–Crippen LogP) is 4.15. The van der Waals surface area contributed by atoms with Gasteiger partial charge in [0.15, 0.2) is 11.2 Å². The van der Waals surface area contributed by atoms with Crippen molar-refractivity contribution in [2.75, 3.05) is 5.32 Å². The van der Waals surface area contributed by atoms with E-state index in [9.17, 15) is 4.79 Å². The number of thiocarbonyl (C=S) groups is 1. The number of hydrogen-bond donors (Lipinski definition) is 2. The first-order chi connectivity index (χ1) is 11.9. The molecular weight excluding hydrogens is 381 g/mol. The van der Waals surface area contributed by atoms with E-state index in [1.54, 1.807) is 43.3 Å².